The van der Waals surface area contributed by atoms with E-state index in [2.05, 4.69) is 41.3 Å². The largest absolute Gasteiger partial charge is 0.416 e. The molecule has 0 spiro atoms. The molecule has 3 amide bonds. The summed E-state index contributed by atoms with van der Waals surface area (Å²) < 4.78 is 40.8. The molecule has 0 aliphatic heterocycles. The van der Waals surface area contributed by atoms with Gasteiger partial charge >= 0.3 is 12.2 Å². The number of aromatic nitrogens is 3. The molecule has 0 bridgehead atoms. The first-order chi connectivity index (χ1) is 20.7. The number of alkyl halides is 3. The van der Waals surface area contributed by atoms with Crippen molar-refractivity contribution in [1.82, 2.24) is 19.7 Å². The van der Waals surface area contributed by atoms with Crippen LogP contribution in [0.4, 0.5) is 35.2 Å². The molecule has 1 saturated carbocycles. The van der Waals surface area contributed by atoms with E-state index in [0.29, 0.717) is 23.6 Å². The SMILES string of the molecule is C=Nc1nn(C)c2nc([C@H]3C[C@@H](CC(=O)N(C)C)C3(C)C)cc(-c3ccc(NC(=O)Nc4cccc(C(F)(F)F)c4)cc3)c12. The molecule has 2 heterocycles. The zero-order valence-corrected chi connectivity index (χ0v) is 25.2. The molecular formula is C32H34F3N7O2. The van der Waals surface area contributed by atoms with Gasteiger partial charge in [-0.1, -0.05) is 32.0 Å². The van der Waals surface area contributed by atoms with Crippen LogP contribution < -0.4 is 10.6 Å². The van der Waals surface area contributed by atoms with Gasteiger partial charge in [0.1, 0.15) is 0 Å². The van der Waals surface area contributed by atoms with Crippen molar-refractivity contribution in [2.24, 2.45) is 23.4 Å². The Kier molecular flexibility index (Phi) is 7.96. The van der Waals surface area contributed by atoms with Crippen molar-refractivity contribution in [2.45, 2.75) is 38.8 Å². The molecule has 2 aromatic heterocycles. The lowest BCUT2D eigenvalue weighted by Gasteiger charge is -2.52. The van der Waals surface area contributed by atoms with Gasteiger partial charge in [0.15, 0.2) is 11.5 Å². The molecular weight excluding hydrogens is 571 g/mol. The second-order valence-corrected chi connectivity index (χ2v) is 11.9. The lowest BCUT2D eigenvalue weighted by molar-refractivity contribution is -0.137. The first kappa shape index (κ1) is 30.7. The van der Waals surface area contributed by atoms with Crippen LogP contribution in [-0.2, 0) is 18.0 Å². The van der Waals surface area contributed by atoms with Gasteiger partial charge in [0.25, 0.3) is 0 Å². The van der Waals surface area contributed by atoms with Gasteiger partial charge in [-0.15, -0.1) is 0 Å². The fourth-order valence-corrected chi connectivity index (χ4v) is 5.82. The van der Waals surface area contributed by atoms with E-state index in [0.717, 1.165) is 40.8 Å². The van der Waals surface area contributed by atoms with E-state index >= 15 is 0 Å². The predicted octanol–water partition coefficient (Wildman–Crippen LogP) is 7.24. The van der Waals surface area contributed by atoms with Crippen LogP contribution in [-0.4, -0.2) is 52.4 Å². The van der Waals surface area contributed by atoms with Crippen LogP contribution in [0.3, 0.4) is 0 Å². The predicted molar refractivity (Wildman–Crippen MR) is 165 cm³/mol. The number of benzene rings is 2. The van der Waals surface area contributed by atoms with Crippen LogP contribution in [0, 0.1) is 11.3 Å². The minimum absolute atomic E-state index is 0.0222. The minimum atomic E-state index is -4.52. The molecule has 1 aliphatic rings. The summed E-state index contributed by atoms with van der Waals surface area (Å²) in [6.45, 7) is 8.03. The highest BCUT2D eigenvalue weighted by Gasteiger charge is 2.50. The second kappa shape index (κ2) is 11.4. The number of pyridine rings is 1. The second-order valence-electron chi connectivity index (χ2n) is 11.9. The van der Waals surface area contributed by atoms with Gasteiger partial charge < -0.3 is 15.5 Å². The number of nitrogens with zero attached hydrogens (tertiary/aromatic N) is 5. The van der Waals surface area contributed by atoms with Crippen LogP contribution in [0.15, 0.2) is 59.6 Å². The average Bonchev–Trinajstić information content (AvgIpc) is 3.29. The van der Waals surface area contributed by atoms with E-state index in [4.69, 9.17) is 4.98 Å². The molecule has 1 fully saturated rings. The smallest absolute Gasteiger partial charge is 0.349 e. The van der Waals surface area contributed by atoms with Gasteiger partial charge in [0, 0.05) is 50.6 Å². The van der Waals surface area contributed by atoms with Gasteiger partial charge in [-0.05, 0) is 72.0 Å². The Morgan fingerprint density at radius 2 is 1.77 bits per heavy atom. The number of hydrogen-bond acceptors (Lipinski definition) is 5. The van der Waals surface area contributed by atoms with Crippen molar-refractivity contribution < 1.29 is 22.8 Å². The normalized spacial score (nSPS) is 17.5. The van der Waals surface area contributed by atoms with Crippen molar-refractivity contribution in [1.29, 1.82) is 0 Å². The first-order valence-electron chi connectivity index (χ1n) is 14.1. The standard InChI is InChI=1S/C32H34F3N7O2/c1-31(2)20(16-26(43)41(4)5)15-24(31)25-17-23(27-28(36-3)40-42(6)29(27)39-25)18-10-12-21(13-11-18)37-30(44)38-22-9-7-8-19(14-22)32(33,34)35/h7-14,17,20,24H,3,15-16H2,1-2,4-6H3,(H2,37,38,44)/t20-,24+/m0/s1. The number of urea groups is 1. The number of halogens is 3. The fraction of sp³-hybridized carbons (Fsp3) is 0.344. The van der Waals surface area contributed by atoms with Crippen LogP contribution in [0.5, 0.6) is 0 Å². The zero-order chi connectivity index (χ0) is 32.0. The number of carbonyl (C=O) groups is 2. The molecule has 0 unspecified atom stereocenters. The summed E-state index contributed by atoms with van der Waals surface area (Å²) in [4.78, 5) is 35.7. The number of aryl methyl sites for hydroxylation is 1. The maximum atomic E-state index is 13.0. The van der Waals surface area contributed by atoms with E-state index in [1.54, 1.807) is 42.9 Å². The Labute approximate surface area is 253 Å². The molecule has 12 heteroatoms. The fourth-order valence-electron chi connectivity index (χ4n) is 5.82. The molecule has 4 aromatic rings. The van der Waals surface area contributed by atoms with E-state index < -0.39 is 17.8 Å². The number of hydrogen-bond donors (Lipinski definition) is 2. The molecule has 2 atom stereocenters. The highest BCUT2D eigenvalue weighted by atomic mass is 19.4. The summed E-state index contributed by atoms with van der Waals surface area (Å²) >= 11 is 0. The lowest BCUT2D eigenvalue weighted by Crippen LogP contribution is -2.45. The summed E-state index contributed by atoms with van der Waals surface area (Å²) in [6, 6.07) is 12.9. The summed E-state index contributed by atoms with van der Waals surface area (Å²) in [6.07, 6.45) is -3.20. The van der Waals surface area contributed by atoms with Gasteiger partial charge in [-0.3, -0.25) is 4.79 Å². The van der Waals surface area contributed by atoms with Crippen molar-refractivity contribution in [2.75, 3.05) is 24.7 Å². The van der Waals surface area contributed by atoms with Crippen LogP contribution in [0.2, 0.25) is 0 Å². The van der Waals surface area contributed by atoms with E-state index in [1.165, 1.54) is 12.1 Å². The maximum absolute atomic E-state index is 13.0. The number of amides is 3. The Balaban J connectivity index is 1.41. The average molecular weight is 606 g/mol. The topological polar surface area (TPSA) is 105 Å². The van der Waals surface area contributed by atoms with Crippen molar-refractivity contribution in [3.63, 3.8) is 0 Å². The molecule has 230 valence electrons. The third-order valence-electron chi connectivity index (χ3n) is 8.59. The van der Waals surface area contributed by atoms with Crippen molar-refractivity contribution >= 4 is 46.9 Å². The highest BCUT2D eigenvalue weighted by molar-refractivity contribution is 6.02. The summed E-state index contributed by atoms with van der Waals surface area (Å²) in [5, 5.41) is 10.3. The third-order valence-corrected chi connectivity index (χ3v) is 8.59. The van der Waals surface area contributed by atoms with E-state index in [1.807, 2.05) is 18.2 Å². The van der Waals surface area contributed by atoms with Crippen LogP contribution in [0.1, 0.15) is 43.9 Å². The third kappa shape index (κ3) is 5.88. The molecule has 44 heavy (non-hydrogen) atoms. The Morgan fingerprint density at radius 1 is 1.09 bits per heavy atom. The van der Waals surface area contributed by atoms with Crippen LogP contribution in [0.25, 0.3) is 22.2 Å². The van der Waals surface area contributed by atoms with Gasteiger partial charge in [0.05, 0.1) is 10.9 Å². The van der Waals surface area contributed by atoms with Gasteiger partial charge in [-0.25, -0.2) is 19.5 Å². The lowest BCUT2D eigenvalue weighted by atomic mass is 9.52. The summed E-state index contributed by atoms with van der Waals surface area (Å²) in [5.74, 6) is 0.909. The maximum Gasteiger partial charge on any atom is 0.416 e. The van der Waals surface area contributed by atoms with Crippen LogP contribution >= 0.6 is 0 Å². The summed E-state index contributed by atoms with van der Waals surface area (Å²) in [5.41, 5.74) is 2.70. The molecule has 9 nitrogen and oxygen atoms in total. The number of anilines is 2. The zero-order valence-electron chi connectivity index (χ0n) is 25.2. The number of aliphatic imine (C=N–C) groups is 1. The Bertz CT molecular complexity index is 1740. The minimum Gasteiger partial charge on any atom is -0.349 e. The summed E-state index contributed by atoms with van der Waals surface area (Å²) in [7, 11) is 5.34. The number of fused-ring (bicyclic) bond motifs is 1. The molecule has 0 saturated heterocycles. The Morgan fingerprint density at radius 3 is 2.39 bits per heavy atom. The number of nitrogens with one attached hydrogen (secondary N) is 2. The van der Waals surface area contributed by atoms with Gasteiger partial charge in [-0.2, -0.15) is 18.3 Å². The molecule has 1 aliphatic carbocycles. The molecule has 5 rings (SSSR count). The number of carbonyl (C=O) groups excluding carboxylic acids is 2. The van der Waals surface area contributed by atoms with Gasteiger partial charge in [0.2, 0.25) is 5.91 Å². The molecule has 0 radical (unpaired) electrons. The van der Waals surface area contributed by atoms with E-state index in [-0.39, 0.29) is 28.8 Å². The highest BCUT2D eigenvalue weighted by Crippen LogP contribution is 2.58. The molecule has 2 aromatic carbocycles. The quantitative estimate of drug-likeness (QED) is 0.217. The number of rotatable bonds is 7. The van der Waals surface area contributed by atoms with Crippen molar-refractivity contribution in [3.05, 3.63) is 65.9 Å². The van der Waals surface area contributed by atoms with Crippen molar-refractivity contribution in [3.8, 4) is 11.1 Å². The monoisotopic (exact) mass is 605 g/mol. The molecule has 2 N–H and O–H groups in total. The van der Waals surface area contributed by atoms with E-state index in [9.17, 15) is 22.8 Å². The first-order valence-corrected chi connectivity index (χ1v) is 14.1. The Hall–Kier alpha value is -4.74.